The minimum absolute atomic E-state index is 0.121. The van der Waals surface area contributed by atoms with Crippen LogP contribution in [0.1, 0.15) is 35.7 Å². The summed E-state index contributed by atoms with van der Waals surface area (Å²) in [5.41, 5.74) is 2.94. The monoisotopic (exact) mass is 361 g/mol. The van der Waals surface area contributed by atoms with Gasteiger partial charge in [-0.15, -0.1) is 0 Å². The maximum Gasteiger partial charge on any atom is 0.317 e. The molecule has 26 heavy (non-hydrogen) atoms. The summed E-state index contributed by atoms with van der Waals surface area (Å²) >= 11 is 0. The van der Waals surface area contributed by atoms with Crippen molar-refractivity contribution in [1.82, 2.24) is 15.2 Å². The van der Waals surface area contributed by atoms with Crippen molar-refractivity contribution in [2.24, 2.45) is 0 Å². The number of halogens is 2. The fourth-order valence-corrected chi connectivity index (χ4v) is 3.16. The maximum absolute atomic E-state index is 13.3. The van der Waals surface area contributed by atoms with Crippen molar-refractivity contribution >= 4 is 6.03 Å². The van der Waals surface area contributed by atoms with E-state index in [1.165, 1.54) is 11.0 Å². The molecule has 138 valence electrons. The number of pyridine rings is 1. The molecule has 5 nitrogen and oxygen atoms in total. The molecular weight excluding hydrogens is 340 g/mol. The fourth-order valence-electron chi connectivity index (χ4n) is 3.16. The molecule has 0 saturated heterocycles. The Bertz CT molecular complexity index is 880. The molecular formula is C19H21F2N3O2. The number of nitrogens with zero attached hydrogens (tertiary/aromatic N) is 1. The van der Waals surface area contributed by atoms with Gasteiger partial charge in [0.15, 0.2) is 11.6 Å². The molecule has 1 aromatic carbocycles. The minimum atomic E-state index is -0.941. The second-order valence-corrected chi connectivity index (χ2v) is 6.40. The number of hydrogen-bond acceptors (Lipinski definition) is 2. The Morgan fingerprint density at radius 3 is 2.77 bits per heavy atom. The number of carbonyl (C=O) groups excluding carboxylic acids is 1. The Kier molecular flexibility index (Phi) is 5.35. The summed E-state index contributed by atoms with van der Waals surface area (Å²) in [7, 11) is 0. The van der Waals surface area contributed by atoms with E-state index in [0.717, 1.165) is 42.7 Å². The quantitative estimate of drug-likeness (QED) is 0.860. The summed E-state index contributed by atoms with van der Waals surface area (Å²) in [6.45, 7) is 2.46. The zero-order chi connectivity index (χ0) is 18.7. The SMILES string of the molecule is CCN(Cc1ccc(F)c(F)c1)C(=O)NCc1cc2c([nH]c1=O)CCC2. The summed E-state index contributed by atoms with van der Waals surface area (Å²) in [5.74, 6) is -1.86. The standard InChI is InChI=1S/C19H21F2N3O2/c1-2-24(11-12-6-7-15(20)16(21)8-12)19(26)22-10-14-9-13-4-3-5-17(13)23-18(14)25/h6-9H,2-5,10-11H2,1H3,(H,22,26)(H,23,25). The zero-order valence-electron chi connectivity index (χ0n) is 14.6. The van der Waals surface area contributed by atoms with Gasteiger partial charge >= 0.3 is 6.03 Å². The molecule has 0 spiro atoms. The highest BCUT2D eigenvalue weighted by atomic mass is 19.2. The molecule has 7 heteroatoms. The van der Waals surface area contributed by atoms with Crippen molar-refractivity contribution in [3.05, 3.63) is 68.6 Å². The molecule has 0 aliphatic heterocycles. The van der Waals surface area contributed by atoms with Crippen molar-refractivity contribution in [2.45, 2.75) is 39.3 Å². The summed E-state index contributed by atoms with van der Waals surface area (Å²) in [6, 6.07) is 5.06. The van der Waals surface area contributed by atoms with Gasteiger partial charge in [0.05, 0.1) is 0 Å². The predicted octanol–water partition coefficient (Wildman–Crippen LogP) is 2.87. The predicted molar refractivity (Wildman–Crippen MR) is 93.8 cm³/mol. The molecule has 2 aromatic rings. The van der Waals surface area contributed by atoms with Gasteiger partial charge in [-0.2, -0.15) is 0 Å². The molecule has 0 bridgehead atoms. The first-order valence-corrected chi connectivity index (χ1v) is 8.68. The van der Waals surface area contributed by atoms with Gasteiger partial charge in [0, 0.05) is 30.9 Å². The van der Waals surface area contributed by atoms with Gasteiger partial charge in [0.1, 0.15) is 0 Å². The second-order valence-electron chi connectivity index (χ2n) is 6.40. The van der Waals surface area contributed by atoms with Crippen LogP contribution in [0, 0.1) is 11.6 Å². The lowest BCUT2D eigenvalue weighted by molar-refractivity contribution is 0.197. The third kappa shape index (κ3) is 3.92. The van der Waals surface area contributed by atoms with E-state index in [9.17, 15) is 18.4 Å². The van der Waals surface area contributed by atoms with Gasteiger partial charge < -0.3 is 15.2 Å². The van der Waals surface area contributed by atoms with Crippen LogP contribution < -0.4 is 10.9 Å². The maximum atomic E-state index is 13.3. The minimum Gasteiger partial charge on any atom is -0.334 e. The highest BCUT2D eigenvalue weighted by Gasteiger charge is 2.16. The number of fused-ring (bicyclic) bond motifs is 1. The van der Waals surface area contributed by atoms with Crippen LogP contribution in [0.2, 0.25) is 0 Å². The highest BCUT2D eigenvalue weighted by molar-refractivity contribution is 5.74. The number of aromatic nitrogens is 1. The Morgan fingerprint density at radius 2 is 2.04 bits per heavy atom. The lowest BCUT2D eigenvalue weighted by atomic mass is 10.1. The van der Waals surface area contributed by atoms with Crippen molar-refractivity contribution in [2.75, 3.05) is 6.54 Å². The molecule has 1 aromatic heterocycles. The Hall–Kier alpha value is -2.70. The topological polar surface area (TPSA) is 65.2 Å². The highest BCUT2D eigenvalue weighted by Crippen LogP contribution is 2.18. The van der Waals surface area contributed by atoms with Crippen molar-refractivity contribution < 1.29 is 13.6 Å². The van der Waals surface area contributed by atoms with Gasteiger partial charge in [0.25, 0.3) is 5.56 Å². The van der Waals surface area contributed by atoms with Crippen molar-refractivity contribution in [3.8, 4) is 0 Å². The number of amides is 2. The molecule has 2 N–H and O–H groups in total. The molecule has 3 rings (SSSR count). The van der Waals surface area contributed by atoms with Crippen LogP contribution in [0.25, 0.3) is 0 Å². The van der Waals surface area contributed by atoms with E-state index in [0.29, 0.717) is 17.7 Å². The number of aromatic amines is 1. The molecule has 1 heterocycles. The molecule has 0 unspecified atom stereocenters. The summed E-state index contributed by atoms with van der Waals surface area (Å²) in [4.78, 5) is 28.8. The zero-order valence-corrected chi connectivity index (χ0v) is 14.6. The van der Waals surface area contributed by atoms with Gasteiger partial charge in [-0.05, 0) is 55.5 Å². The average molecular weight is 361 g/mol. The smallest absolute Gasteiger partial charge is 0.317 e. The molecule has 2 amide bonds. The Balaban J connectivity index is 1.64. The van der Waals surface area contributed by atoms with E-state index in [4.69, 9.17) is 0 Å². The largest absolute Gasteiger partial charge is 0.334 e. The van der Waals surface area contributed by atoms with Crippen LogP contribution in [0.3, 0.4) is 0 Å². The van der Waals surface area contributed by atoms with E-state index < -0.39 is 11.6 Å². The fraction of sp³-hybridized carbons (Fsp3) is 0.368. The molecule has 0 radical (unpaired) electrons. The van der Waals surface area contributed by atoms with E-state index in [1.807, 2.05) is 6.07 Å². The van der Waals surface area contributed by atoms with Crippen LogP contribution in [-0.2, 0) is 25.9 Å². The van der Waals surface area contributed by atoms with Crippen LogP contribution in [0.5, 0.6) is 0 Å². The molecule has 1 aliphatic carbocycles. The molecule has 1 aliphatic rings. The van der Waals surface area contributed by atoms with Crippen LogP contribution >= 0.6 is 0 Å². The van der Waals surface area contributed by atoms with Crippen molar-refractivity contribution in [3.63, 3.8) is 0 Å². The van der Waals surface area contributed by atoms with Crippen molar-refractivity contribution in [1.29, 1.82) is 0 Å². The van der Waals surface area contributed by atoms with Crippen LogP contribution in [0.15, 0.2) is 29.1 Å². The molecule has 0 atom stereocenters. The number of urea groups is 1. The first-order valence-electron chi connectivity index (χ1n) is 8.68. The average Bonchev–Trinajstić information content (AvgIpc) is 3.07. The molecule has 0 fully saturated rings. The second kappa shape index (κ2) is 7.68. The van der Waals surface area contributed by atoms with Gasteiger partial charge in [-0.3, -0.25) is 4.79 Å². The van der Waals surface area contributed by atoms with E-state index in [-0.39, 0.29) is 24.7 Å². The van der Waals surface area contributed by atoms with Gasteiger partial charge in [-0.1, -0.05) is 6.07 Å². The number of hydrogen-bond donors (Lipinski definition) is 2. The number of nitrogens with one attached hydrogen (secondary N) is 2. The first-order chi connectivity index (χ1) is 12.5. The summed E-state index contributed by atoms with van der Waals surface area (Å²) < 4.78 is 26.3. The number of H-pyrrole nitrogens is 1. The third-order valence-electron chi connectivity index (χ3n) is 4.62. The molecule has 0 saturated carbocycles. The number of carbonyl (C=O) groups is 1. The third-order valence-corrected chi connectivity index (χ3v) is 4.62. The van der Waals surface area contributed by atoms with E-state index in [1.54, 1.807) is 6.92 Å². The normalized spacial score (nSPS) is 12.7. The number of aryl methyl sites for hydroxylation is 2. The first kappa shape index (κ1) is 18.1. The van der Waals surface area contributed by atoms with Crippen LogP contribution in [-0.4, -0.2) is 22.5 Å². The van der Waals surface area contributed by atoms with E-state index in [2.05, 4.69) is 10.3 Å². The summed E-state index contributed by atoms with van der Waals surface area (Å²) in [5, 5.41) is 2.73. The summed E-state index contributed by atoms with van der Waals surface area (Å²) in [6.07, 6.45) is 2.85. The Labute approximate surface area is 150 Å². The van der Waals surface area contributed by atoms with Crippen LogP contribution in [0.4, 0.5) is 13.6 Å². The number of benzene rings is 1. The van der Waals surface area contributed by atoms with Gasteiger partial charge in [-0.25, -0.2) is 13.6 Å². The lowest BCUT2D eigenvalue weighted by Gasteiger charge is -2.21. The Morgan fingerprint density at radius 1 is 1.23 bits per heavy atom. The van der Waals surface area contributed by atoms with Gasteiger partial charge in [0.2, 0.25) is 0 Å². The van der Waals surface area contributed by atoms with E-state index >= 15 is 0 Å². The number of rotatable bonds is 5. The lowest BCUT2D eigenvalue weighted by Crippen LogP contribution is -2.40.